The van der Waals surface area contributed by atoms with Crippen LogP contribution < -0.4 is 0 Å². The van der Waals surface area contributed by atoms with Crippen molar-refractivity contribution in [3.8, 4) is 0 Å². The molecule has 0 aliphatic heterocycles. The van der Waals surface area contributed by atoms with Gasteiger partial charge in [-0.15, -0.1) is 0 Å². The van der Waals surface area contributed by atoms with E-state index in [1.54, 1.807) is 5.56 Å². The highest BCUT2D eigenvalue weighted by molar-refractivity contribution is 5.93. The van der Waals surface area contributed by atoms with Crippen LogP contribution >= 0.6 is 0 Å². The lowest BCUT2D eigenvalue weighted by atomic mass is 9.83. The van der Waals surface area contributed by atoms with Gasteiger partial charge in [0, 0.05) is 0 Å². The average molecular weight is 208 g/mol. The van der Waals surface area contributed by atoms with Crippen LogP contribution in [-0.4, -0.2) is 0 Å². The number of hydrogen-bond acceptors (Lipinski definition) is 0. The highest BCUT2D eigenvalue weighted by Crippen LogP contribution is 2.36. The molecule has 0 N–H and O–H groups in total. The topological polar surface area (TPSA) is 0 Å². The van der Waals surface area contributed by atoms with E-state index in [1.165, 1.54) is 28.3 Å². The van der Waals surface area contributed by atoms with E-state index < -0.39 is 0 Å². The molecule has 0 heteroatoms. The van der Waals surface area contributed by atoms with Gasteiger partial charge in [0.1, 0.15) is 0 Å². The zero-order valence-corrected chi connectivity index (χ0v) is 9.83. The van der Waals surface area contributed by atoms with Crippen molar-refractivity contribution in [1.82, 2.24) is 0 Å². The first-order valence-corrected chi connectivity index (χ1v) is 5.96. The molecule has 0 nitrogen and oxygen atoms in total. The predicted molar refractivity (Wildman–Crippen MR) is 70.8 cm³/mol. The van der Waals surface area contributed by atoms with Crippen molar-refractivity contribution in [3.05, 3.63) is 53.1 Å². The Kier molecular flexibility index (Phi) is 2.10. The van der Waals surface area contributed by atoms with Crippen molar-refractivity contribution < 1.29 is 0 Å². The Labute approximate surface area is 96.6 Å². The minimum Gasteiger partial charge on any atom is -0.0833 e. The molecule has 0 bridgehead atoms. The molecular formula is C16H16. The maximum absolute atomic E-state index is 2.32. The number of allylic oxidation sites excluding steroid dienone is 1. The summed E-state index contributed by atoms with van der Waals surface area (Å²) in [6.07, 6.45) is 5.77. The van der Waals surface area contributed by atoms with Gasteiger partial charge in [0.15, 0.2) is 0 Å². The van der Waals surface area contributed by atoms with Gasteiger partial charge in [-0.05, 0) is 46.7 Å². The monoisotopic (exact) mass is 208 g/mol. The van der Waals surface area contributed by atoms with Gasteiger partial charge in [-0.3, -0.25) is 0 Å². The normalized spacial score (nSPS) is 18.8. The first-order chi connectivity index (χ1) is 7.77. The molecular weight excluding hydrogens is 192 g/mol. The Hall–Kier alpha value is -1.56. The van der Waals surface area contributed by atoms with E-state index in [0.29, 0.717) is 5.92 Å². The van der Waals surface area contributed by atoms with Crippen molar-refractivity contribution in [2.24, 2.45) is 0 Å². The Balaban J connectivity index is 2.45. The molecule has 3 rings (SSSR count). The molecule has 0 saturated heterocycles. The van der Waals surface area contributed by atoms with Crippen LogP contribution in [0.5, 0.6) is 0 Å². The Bertz CT molecular complexity index is 576. The number of aryl methyl sites for hydroxylation is 1. The molecule has 0 aromatic heterocycles. The van der Waals surface area contributed by atoms with Gasteiger partial charge in [-0.1, -0.05) is 49.4 Å². The largest absolute Gasteiger partial charge is 0.0833 e. The van der Waals surface area contributed by atoms with E-state index in [2.05, 4.69) is 56.3 Å². The van der Waals surface area contributed by atoms with Gasteiger partial charge in [0.25, 0.3) is 0 Å². The van der Waals surface area contributed by atoms with Crippen LogP contribution in [0.4, 0.5) is 0 Å². The Morgan fingerprint density at radius 1 is 1.19 bits per heavy atom. The lowest BCUT2D eigenvalue weighted by molar-refractivity contribution is 0.767. The molecule has 0 radical (unpaired) electrons. The maximum atomic E-state index is 2.32. The zero-order valence-electron chi connectivity index (χ0n) is 9.83. The van der Waals surface area contributed by atoms with Crippen LogP contribution in [0.3, 0.4) is 0 Å². The summed E-state index contributed by atoms with van der Waals surface area (Å²) in [5.74, 6) is 0.657. The SMILES string of the molecule is Cc1cc2ccccc2c2c1C(C)CC=C2. The molecule has 1 unspecified atom stereocenters. The van der Waals surface area contributed by atoms with Gasteiger partial charge < -0.3 is 0 Å². The lowest BCUT2D eigenvalue weighted by Gasteiger charge is -2.22. The first kappa shape index (κ1) is 9.65. The van der Waals surface area contributed by atoms with Crippen LogP contribution in [-0.2, 0) is 0 Å². The van der Waals surface area contributed by atoms with Gasteiger partial charge in [0.05, 0.1) is 0 Å². The van der Waals surface area contributed by atoms with Gasteiger partial charge >= 0.3 is 0 Å². The minimum absolute atomic E-state index is 0.657. The fourth-order valence-electron chi connectivity index (χ4n) is 2.88. The molecule has 16 heavy (non-hydrogen) atoms. The van der Waals surface area contributed by atoms with Gasteiger partial charge in [-0.25, -0.2) is 0 Å². The Morgan fingerprint density at radius 2 is 2.00 bits per heavy atom. The quantitative estimate of drug-likeness (QED) is 0.590. The number of fused-ring (bicyclic) bond motifs is 3. The summed E-state index contributed by atoms with van der Waals surface area (Å²) in [7, 11) is 0. The van der Waals surface area contributed by atoms with Gasteiger partial charge in [0.2, 0.25) is 0 Å². The lowest BCUT2D eigenvalue weighted by Crippen LogP contribution is -2.03. The molecule has 1 aliphatic carbocycles. The predicted octanol–water partition coefficient (Wildman–Crippen LogP) is 4.67. The second-order valence-corrected chi connectivity index (χ2v) is 4.78. The van der Waals surface area contributed by atoms with E-state index in [-0.39, 0.29) is 0 Å². The van der Waals surface area contributed by atoms with Crippen LogP contribution in [0.1, 0.15) is 36.0 Å². The van der Waals surface area contributed by atoms with Crippen molar-refractivity contribution in [1.29, 1.82) is 0 Å². The van der Waals surface area contributed by atoms with Crippen molar-refractivity contribution in [3.63, 3.8) is 0 Å². The van der Waals surface area contributed by atoms with Crippen molar-refractivity contribution in [2.75, 3.05) is 0 Å². The van der Waals surface area contributed by atoms with Crippen molar-refractivity contribution >= 4 is 16.8 Å². The standard InChI is InChI=1S/C16H16/c1-11-6-5-9-15-14-8-4-3-7-13(14)10-12(2)16(11)15/h3-5,7-11H,6H2,1-2H3. The highest BCUT2D eigenvalue weighted by atomic mass is 14.2. The summed E-state index contributed by atoms with van der Waals surface area (Å²) >= 11 is 0. The molecule has 0 fully saturated rings. The highest BCUT2D eigenvalue weighted by Gasteiger charge is 2.16. The molecule has 1 aliphatic rings. The van der Waals surface area contributed by atoms with E-state index in [9.17, 15) is 0 Å². The first-order valence-electron chi connectivity index (χ1n) is 5.96. The molecule has 0 amide bonds. The molecule has 0 heterocycles. The summed E-state index contributed by atoms with van der Waals surface area (Å²) < 4.78 is 0. The molecule has 1 atom stereocenters. The third-order valence-corrected chi connectivity index (χ3v) is 3.60. The third kappa shape index (κ3) is 1.30. The van der Waals surface area contributed by atoms with Crippen molar-refractivity contribution in [2.45, 2.75) is 26.2 Å². The maximum Gasteiger partial charge on any atom is -0.0108 e. The Morgan fingerprint density at radius 3 is 2.88 bits per heavy atom. The van der Waals surface area contributed by atoms with E-state index in [1.807, 2.05) is 0 Å². The summed E-state index contributed by atoms with van der Waals surface area (Å²) in [5, 5.41) is 2.75. The fourth-order valence-corrected chi connectivity index (χ4v) is 2.88. The second kappa shape index (κ2) is 3.48. The van der Waals surface area contributed by atoms with Crippen LogP contribution in [0.2, 0.25) is 0 Å². The smallest absolute Gasteiger partial charge is 0.0108 e. The van der Waals surface area contributed by atoms with Crippen LogP contribution in [0.15, 0.2) is 36.4 Å². The van der Waals surface area contributed by atoms with Crippen LogP contribution in [0, 0.1) is 6.92 Å². The number of hydrogen-bond donors (Lipinski definition) is 0. The summed E-state index contributed by atoms with van der Waals surface area (Å²) in [6.45, 7) is 4.56. The second-order valence-electron chi connectivity index (χ2n) is 4.78. The minimum atomic E-state index is 0.657. The average Bonchev–Trinajstić information content (AvgIpc) is 2.29. The summed E-state index contributed by atoms with van der Waals surface area (Å²) in [5.41, 5.74) is 4.42. The number of rotatable bonds is 0. The molecule has 2 aromatic rings. The molecule has 80 valence electrons. The van der Waals surface area contributed by atoms with E-state index in [0.717, 1.165) is 0 Å². The summed E-state index contributed by atoms with van der Waals surface area (Å²) in [6, 6.07) is 11.0. The molecule has 0 spiro atoms. The summed E-state index contributed by atoms with van der Waals surface area (Å²) in [4.78, 5) is 0. The molecule has 0 saturated carbocycles. The van der Waals surface area contributed by atoms with E-state index >= 15 is 0 Å². The van der Waals surface area contributed by atoms with E-state index in [4.69, 9.17) is 0 Å². The van der Waals surface area contributed by atoms with Gasteiger partial charge in [-0.2, -0.15) is 0 Å². The molecule has 2 aromatic carbocycles. The number of benzene rings is 2. The zero-order chi connectivity index (χ0) is 11.1. The van der Waals surface area contributed by atoms with Crippen LogP contribution in [0.25, 0.3) is 16.8 Å². The fraction of sp³-hybridized carbons (Fsp3) is 0.250. The third-order valence-electron chi connectivity index (χ3n) is 3.60.